The SMILES string of the molecule is Clc1ccc(-c2cnc([C@@H]3COCCN3C3CCC3)[nH]2)s1. The third-order valence-corrected chi connectivity index (χ3v) is 5.73. The zero-order valence-electron chi connectivity index (χ0n) is 11.7. The van der Waals surface area contributed by atoms with Crippen LogP contribution in [-0.2, 0) is 4.74 Å². The Labute approximate surface area is 133 Å². The highest BCUT2D eigenvalue weighted by Crippen LogP contribution is 2.35. The molecule has 112 valence electrons. The number of aromatic nitrogens is 2. The van der Waals surface area contributed by atoms with Gasteiger partial charge in [-0.15, -0.1) is 11.3 Å². The normalized spacial score (nSPS) is 24.1. The molecule has 0 amide bonds. The molecule has 1 saturated heterocycles. The summed E-state index contributed by atoms with van der Waals surface area (Å²) in [5.41, 5.74) is 1.04. The summed E-state index contributed by atoms with van der Waals surface area (Å²) in [6.07, 6.45) is 5.88. The lowest BCUT2D eigenvalue weighted by Crippen LogP contribution is -2.48. The second kappa shape index (κ2) is 5.72. The number of imidazole rings is 1. The van der Waals surface area contributed by atoms with Gasteiger partial charge in [-0.2, -0.15) is 0 Å². The third kappa shape index (κ3) is 2.63. The summed E-state index contributed by atoms with van der Waals surface area (Å²) in [5.74, 6) is 1.01. The molecule has 1 atom stereocenters. The molecule has 4 nitrogen and oxygen atoms in total. The minimum absolute atomic E-state index is 0.258. The Morgan fingerprint density at radius 1 is 1.38 bits per heavy atom. The van der Waals surface area contributed by atoms with Crippen molar-refractivity contribution in [3.63, 3.8) is 0 Å². The largest absolute Gasteiger partial charge is 0.378 e. The number of halogens is 1. The van der Waals surface area contributed by atoms with Gasteiger partial charge in [0.05, 0.1) is 40.4 Å². The van der Waals surface area contributed by atoms with E-state index in [0.29, 0.717) is 6.04 Å². The molecule has 1 saturated carbocycles. The standard InChI is InChI=1S/C15H18ClN3OS/c16-14-5-4-13(21-14)11-8-17-15(18-11)12-9-20-7-6-19(12)10-2-1-3-10/h4-5,8,10,12H,1-3,6-7,9H2,(H,17,18)/t12-/m0/s1. The molecule has 1 aliphatic carbocycles. The van der Waals surface area contributed by atoms with Gasteiger partial charge < -0.3 is 9.72 Å². The molecule has 2 aromatic heterocycles. The number of ether oxygens (including phenoxy) is 1. The molecular formula is C15H18ClN3OS. The van der Waals surface area contributed by atoms with Crippen molar-refractivity contribution in [2.75, 3.05) is 19.8 Å². The number of nitrogens with zero attached hydrogens (tertiary/aromatic N) is 2. The summed E-state index contributed by atoms with van der Waals surface area (Å²) < 4.78 is 6.49. The highest BCUT2D eigenvalue weighted by molar-refractivity contribution is 7.19. The number of rotatable bonds is 3. The predicted molar refractivity (Wildman–Crippen MR) is 84.8 cm³/mol. The fraction of sp³-hybridized carbons (Fsp3) is 0.533. The smallest absolute Gasteiger partial charge is 0.126 e. The highest BCUT2D eigenvalue weighted by atomic mass is 35.5. The minimum Gasteiger partial charge on any atom is -0.378 e. The molecule has 21 heavy (non-hydrogen) atoms. The number of H-pyrrole nitrogens is 1. The van der Waals surface area contributed by atoms with Crippen LogP contribution < -0.4 is 0 Å². The van der Waals surface area contributed by atoms with Gasteiger partial charge in [0.25, 0.3) is 0 Å². The summed E-state index contributed by atoms with van der Waals surface area (Å²) in [6, 6.07) is 4.93. The van der Waals surface area contributed by atoms with Crippen LogP contribution in [0.15, 0.2) is 18.3 Å². The average molecular weight is 324 g/mol. The van der Waals surface area contributed by atoms with Crippen molar-refractivity contribution in [1.29, 1.82) is 0 Å². The minimum atomic E-state index is 0.258. The lowest BCUT2D eigenvalue weighted by atomic mass is 9.90. The van der Waals surface area contributed by atoms with E-state index in [4.69, 9.17) is 16.3 Å². The zero-order valence-corrected chi connectivity index (χ0v) is 13.3. The van der Waals surface area contributed by atoms with E-state index in [1.54, 1.807) is 11.3 Å². The van der Waals surface area contributed by atoms with Crippen LogP contribution in [0.5, 0.6) is 0 Å². The second-order valence-electron chi connectivity index (χ2n) is 5.70. The Balaban J connectivity index is 1.58. The van der Waals surface area contributed by atoms with Crippen molar-refractivity contribution in [2.24, 2.45) is 0 Å². The Bertz CT molecular complexity index is 622. The molecule has 0 spiro atoms. The van der Waals surface area contributed by atoms with Gasteiger partial charge in [0.2, 0.25) is 0 Å². The fourth-order valence-corrected chi connectivity index (χ4v) is 4.11. The summed E-state index contributed by atoms with van der Waals surface area (Å²) in [4.78, 5) is 11.8. The van der Waals surface area contributed by atoms with Crippen LogP contribution in [0.3, 0.4) is 0 Å². The van der Waals surface area contributed by atoms with Gasteiger partial charge in [-0.25, -0.2) is 4.98 Å². The number of nitrogens with one attached hydrogen (secondary N) is 1. The van der Waals surface area contributed by atoms with E-state index < -0.39 is 0 Å². The van der Waals surface area contributed by atoms with E-state index in [0.717, 1.165) is 40.5 Å². The van der Waals surface area contributed by atoms with Gasteiger partial charge in [-0.1, -0.05) is 18.0 Å². The topological polar surface area (TPSA) is 41.1 Å². The zero-order chi connectivity index (χ0) is 14.2. The van der Waals surface area contributed by atoms with Crippen molar-refractivity contribution in [1.82, 2.24) is 14.9 Å². The molecule has 0 aromatic carbocycles. The number of hydrogen-bond donors (Lipinski definition) is 1. The van der Waals surface area contributed by atoms with E-state index in [1.807, 2.05) is 18.3 Å². The van der Waals surface area contributed by atoms with Crippen LogP contribution in [0, 0.1) is 0 Å². The summed E-state index contributed by atoms with van der Waals surface area (Å²) in [6.45, 7) is 2.58. The van der Waals surface area contributed by atoms with Gasteiger partial charge in [-0.05, 0) is 25.0 Å². The number of morpholine rings is 1. The molecule has 4 rings (SSSR count). The maximum Gasteiger partial charge on any atom is 0.126 e. The van der Waals surface area contributed by atoms with Crippen LogP contribution >= 0.6 is 22.9 Å². The molecule has 2 fully saturated rings. The Morgan fingerprint density at radius 2 is 2.29 bits per heavy atom. The monoisotopic (exact) mass is 323 g/mol. The maximum absolute atomic E-state index is 6.01. The fourth-order valence-electron chi connectivity index (χ4n) is 3.10. The van der Waals surface area contributed by atoms with Gasteiger partial charge in [0, 0.05) is 12.6 Å². The van der Waals surface area contributed by atoms with Crippen LogP contribution in [0.25, 0.3) is 10.6 Å². The summed E-state index contributed by atoms with van der Waals surface area (Å²) in [5, 5.41) is 0. The van der Waals surface area contributed by atoms with Crippen LogP contribution in [0.1, 0.15) is 31.1 Å². The molecule has 1 aliphatic heterocycles. The molecule has 0 bridgehead atoms. The number of thiophene rings is 1. The van der Waals surface area contributed by atoms with E-state index in [1.165, 1.54) is 19.3 Å². The molecule has 0 unspecified atom stereocenters. The van der Waals surface area contributed by atoms with E-state index in [2.05, 4.69) is 14.9 Å². The van der Waals surface area contributed by atoms with Crippen LogP contribution in [0.2, 0.25) is 4.34 Å². The Morgan fingerprint density at radius 3 is 3.00 bits per heavy atom. The molecule has 3 heterocycles. The lowest BCUT2D eigenvalue weighted by molar-refractivity contribution is -0.0494. The van der Waals surface area contributed by atoms with Crippen molar-refractivity contribution >= 4 is 22.9 Å². The van der Waals surface area contributed by atoms with Gasteiger partial charge in [0.1, 0.15) is 5.82 Å². The van der Waals surface area contributed by atoms with Crippen LogP contribution in [0.4, 0.5) is 0 Å². The molecule has 2 aromatic rings. The molecule has 6 heteroatoms. The third-order valence-electron chi connectivity index (χ3n) is 4.46. The van der Waals surface area contributed by atoms with Crippen molar-refractivity contribution in [3.8, 4) is 10.6 Å². The lowest BCUT2D eigenvalue weighted by Gasteiger charge is -2.44. The first-order chi connectivity index (χ1) is 10.3. The van der Waals surface area contributed by atoms with Gasteiger partial charge in [0.15, 0.2) is 0 Å². The number of hydrogen-bond acceptors (Lipinski definition) is 4. The highest BCUT2D eigenvalue weighted by Gasteiger charge is 2.35. The first-order valence-electron chi connectivity index (χ1n) is 7.45. The van der Waals surface area contributed by atoms with Gasteiger partial charge in [-0.3, -0.25) is 4.90 Å². The van der Waals surface area contributed by atoms with E-state index in [-0.39, 0.29) is 6.04 Å². The predicted octanol–water partition coefficient (Wildman–Crippen LogP) is 3.72. The second-order valence-corrected chi connectivity index (χ2v) is 7.41. The van der Waals surface area contributed by atoms with E-state index in [9.17, 15) is 0 Å². The molecule has 1 N–H and O–H groups in total. The first kappa shape index (κ1) is 13.8. The summed E-state index contributed by atoms with van der Waals surface area (Å²) >= 11 is 7.59. The average Bonchev–Trinajstić information content (AvgIpc) is 3.06. The number of aromatic amines is 1. The Kier molecular flexibility index (Phi) is 3.75. The van der Waals surface area contributed by atoms with Crippen molar-refractivity contribution in [2.45, 2.75) is 31.3 Å². The maximum atomic E-state index is 6.01. The molecule has 2 aliphatic rings. The van der Waals surface area contributed by atoms with E-state index >= 15 is 0 Å². The first-order valence-corrected chi connectivity index (χ1v) is 8.65. The van der Waals surface area contributed by atoms with Crippen molar-refractivity contribution < 1.29 is 4.74 Å². The Hall–Kier alpha value is -0.880. The molecule has 0 radical (unpaired) electrons. The van der Waals surface area contributed by atoms with Gasteiger partial charge >= 0.3 is 0 Å². The summed E-state index contributed by atoms with van der Waals surface area (Å²) in [7, 11) is 0. The van der Waals surface area contributed by atoms with Crippen molar-refractivity contribution in [3.05, 3.63) is 28.5 Å². The van der Waals surface area contributed by atoms with Crippen LogP contribution in [-0.4, -0.2) is 40.7 Å². The molecular weight excluding hydrogens is 306 g/mol. The quantitative estimate of drug-likeness (QED) is 0.936.